The van der Waals surface area contributed by atoms with Gasteiger partial charge in [-0.05, 0) is 37.1 Å². The number of ether oxygens (including phenoxy) is 1. The van der Waals surface area contributed by atoms with Crippen molar-refractivity contribution in [3.05, 3.63) is 35.9 Å². The molecule has 0 aromatic heterocycles. The molecule has 1 rings (SSSR count). The second kappa shape index (κ2) is 9.60. The van der Waals surface area contributed by atoms with Crippen molar-refractivity contribution in [3.63, 3.8) is 0 Å². The topological polar surface area (TPSA) is 72.6 Å². The van der Waals surface area contributed by atoms with Gasteiger partial charge in [-0.3, -0.25) is 9.59 Å². The van der Waals surface area contributed by atoms with Gasteiger partial charge in [0.05, 0.1) is 0 Å². The van der Waals surface area contributed by atoms with Gasteiger partial charge in [0.25, 0.3) is 5.91 Å². The van der Waals surface area contributed by atoms with Crippen molar-refractivity contribution in [2.45, 2.75) is 26.7 Å². The zero-order valence-electron chi connectivity index (χ0n) is 13.2. The van der Waals surface area contributed by atoms with E-state index in [-0.39, 0.29) is 12.5 Å². The van der Waals surface area contributed by atoms with Crippen molar-refractivity contribution < 1.29 is 14.3 Å². The largest absolute Gasteiger partial charge is 0.484 e. The van der Waals surface area contributed by atoms with E-state index in [2.05, 4.69) is 6.92 Å². The summed E-state index contributed by atoms with van der Waals surface area (Å²) in [5, 5.41) is 0. The van der Waals surface area contributed by atoms with Crippen LogP contribution >= 0.6 is 0 Å². The molecule has 0 atom stereocenters. The number of primary amides is 1. The first-order valence-corrected chi connectivity index (χ1v) is 7.55. The van der Waals surface area contributed by atoms with Gasteiger partial charge in [-0.1, -0.05) is 25.5 Å². The number of nitrogens with two attached hydrogens (primary N) is 1. The molecule has 0 unspecified atom stereocenters. The molecule has 1 aromatic carbocycles. The molecule has 0 saturated carbocycles. The van der Waals surface area contributed by atoms with Crippen LogP contribution in [0.3, 0.4) is 0 Å². The van der Waals surface area contributed by atoms with Crippen molar-refractivity contribution in [2.24, 2.45) is 5.73 Å². The number of carbonyl (C=O) groups excluding carboxylic acids is 2. The highest BCUT2D eigenvalue weighted by Crippen LogP contribution is 2.13. The van der Waals surface area contributed by atoms with Crippen LogP contribution < -0.4 is 10.5 Å². The van der Waals surface area contributed by atoms with Crippen LogP contribution in [-0.2, 0) is 9.59 Å². The van der Waals surface area contributed by atoms with Gasteiger partial charge in [0, 0.05) is 19.2 Å². The quantitative estimate of drug-likeness (QED) is 0.711. The minimum Gasteiger partial charge on any atom is -0.484 e. The first-order chi connectivity index (χ1) is 10.6. The van der Waals surface area contributed by atoms with Gasteiger partial charge in [0.15, 0.2) is 6.61 Å². The molecule has 0 saturated heterocycles. The summed E-state index contributed by atoms with van der Waals surface area (Å²) in [5.74, 6) is 0.0757. The molecule has 2 N–H and O–H groups in total. The Bertz CT molecular complexity index is 509. The molecule has 0 fully saturated rings. The lowest BCUT2D eigenvalue weighted by Gasteiger charge is -2.18. The van der Waals surface area contributed by atoms with Crippen LogP contribution in [0.1, 0.15) is 32.3 Å². The van der Waals surface area contributed by atoms with E-state index in [1.165, 1.54) is 0 Å². The van der Waals surface area contributed by atoms with Crippen LogP contribution in [0.5, 0.6) is 5.75 Å². The summed E-state index contributed by atoms with van der Waals surface area (Å²) in [6.07, 6.45) is 5.44. The van der Waals surface area contributed by atoms with Gasteiger partial charge >= 0.3 is 0 Å². The van der Waals surface area contributed by atoms with Gasteiger partial charge in [-0.25, -0.2) is 0 Å². The summed E-state index contributed by atoms with van der Waals surface area (Å²) in [6, 6.07) is 7.12. The molecule has 0 radical (unpaired) electrons. The molecule has 5 nitrogen and oxygen atoms in total. The fourth-order valence-electron chi connectivity index (χ4n) is 1.88. The number of unbranched alkanes of at least 4 members (excludes halogenated alkanes) is 1. The first-order valence-electron chi connectivity index (χ1n) is 7.55. The molecule has 2 amide bonds. The number of hydrogen-bond donors (Lipinski definition) is 1. The number of hydrogen-bond acceptors (Lipinski definition) is 3. The molecule has 0 aliphatic carbocycles. The van der Waals surface area contributed by atoms with E-state index in [0.29, 0.717) is 12.3 Å². The molecule has 0 bridgehead atoms. The van der Waals surface area contributed by atoms with Crippen molar-refractivity contribution >= 4 is 17.9 Å². The van der Waals surface area contributed by atoms with E-state index in [0.717, 1.165) is 24.9 Å². The number of likely N-dealkylation sites (N-methyl/N-ethyl adjacent to an activating group) is 1. The Morgan fingerprint density at radius 3 is 2.45 bits per heavy atom. The lowest BCUT2D eigenvalue weighted by atomic mass is 10.2. The number of benzene rings is 1. The zero-order valence-corrected chi connectivity index (χ0v) is 13.2. The third-order valence-electron chi connectivity index (χ3n) is 3.15. The van der Waals surface area contributed by atoms with Crippen molar-refractivity contribution in [1.82, 2.24) is 4.90 Å². The van der Waals surface area contributed by atoms with Crippen LogP contribution in [0.2, 0.25) is 0 Å². The van der Waals surface area contributed by atoms with Crippen LogP contribution in [0, 0.1) is 0 Å². The summed E-state index contributed by atoms with van der Waals surface area (Å²) in [5.41, 5.74) is 5.90. The maximum absolute atomic E-state index is 12.1. The zero-order chi connectivity index (χ0) is 16.4. The fourth-order valence-corrected chi connectivity index (χ4v) is 1.88. The predicted molar refractivity (Wildman–Crippen MR) is 87.3 cm³/mol. The van der Waals surface area contributed by atoms with Crippen LogP contribution in [0.25, 0.3) is 6.08 Å². The van der Waals surface area contributed by atoms with Crippen LogP contribution in [-0.4, -0.2) is 36.4 Å². The van der Waals surface area contributed by atoms with Gasteiger partial charge in [0.1, 0.15) is 5.75 Å². The van der Waals surface area contributed by atoms with Gasteiger partial charge < -0.3 is 15.4 Å². The molecule has 0 aliphatic heterocycles. The highest BCUT2D eigenvalue weighted by Gasteiger charge is 2.06. The monoisotopic (exact) mass is 304 g/mol. The summed E-state index contributed by atoms with van der Waals surface area (Å²) in [7, 11) is 0. The van der Waals surface area contributed by atoms with Crippen LogP contribution in [0.15, 0.2) is 30.3 Å². The Morgan fingerprint density at radius 1 is 1.23 bits per heavy atom. The number of nitrogens with zero attached hydrogens (tertiary/aromatic N) is 1. The molecule has 22 heavy (non-hydrogen) atoms. The highest BCUT2D eigenvalue weighted by molar-refractivity contribution is 5.91. The van der Waals surface area contributed by atoms with E-state index in [1.807, 2.05) is 24.0 Å². The second-order valence-corrected chi connectivity index (χ2v) is 4.93. The first kappa shape index (κ1) is 17.8. The number of amides is 2. The number of carbonyl (C=O) groups is 2. The Labute approximate surface area is 131 Å². The number of rotatable bonds is 9. The van der Waals surface area contributed by atoms with E-state index in [1.54, 1.807) is 24.3 Å². The summed E-state index contributed by atoms with van der Waals surface area (Å²) in [6.45, 7) is 5.44. The van der Waals surface area contributed by atoms with E-state index in [4.69, 9.17) is 10.5 Å². The SMILES string of the molecule is CCCCN(CC)C(=O)C=Cc1ccc(OCC(N)=O)cc1. The molecular weight excluding hydrogens is 280 g/mol. The molecular formula is C17H24N2O3. The van der Waals surface area contributed by atoms with Gasteiger partial charge in [-0.2, -0.15) is 0 Å². The van der Waals surface area contributed by atoms with E-state index >= 15 is 0 Å². The smallest absolute Gasteiger partial charge is 0.255 e. The van der Waals surface area contributed by atoms with E-state index < -0.39 is 5.91 Å². The molecule has 1 aromatic rings. The third kappa shape index (κ3) is 6.43. The van der Waals surface area contributed by atoms with Gasteiger partial charge in [0.2, 0.25) is 5.91 Å². The van der Waals surface area contributed by atoms with Gasteiger partial charge in [-0.15, -0.1) is 0 Å². The summed E-state index contributed by atoms with van der Waals surface area (Å²) >= 11 is 0. The second-order valence-electron chi connectivity index (χ2n) is 4.93. The molecule has 0 spiro atoms. The molecule has 0 aliphatic rings. The Morgan fingerprint density at radius 2 is 1.91 bits per heavy atom. The van der Waals surface area contributed by atoms with Crippen molar-refractivity contribution in [2.75, 3.05) is 19.7 Å². The summed E-state index contributed by atoms with van der Waals surface area (Å²) in [4.78, 5) is 24.5. The summed E-state index contributed by atoms with van der Waals surface area (Å²) < 4.78 is 5.17. The Balaban J connectivity index is 2.57. The predicted octanol–water partition coefficient (Wildman–Crippen LogP) is 2.21. The van der Waals surface area contributed by atoms with Crippen molar-refractivity contribution in [1.29, 1.82) is 0 Å². The maximum Gasteiger partial charge on any atom is 0.255 e. The average Bonchev–Trinajstić information content (AvgIpc) is 2.52. The normalized spacial score (nSPS) is 10.6. The Kier molecular flexibility index (Phi) is 7.75. The molecule has 0 heterocycles. The minimum atomic E-state index is -0.513. The molecule has 5 heteroatoms. The van der Waals surface area contributed by atoms with E-state index in [9.17, 15) is 9.59 Å². The Hall–Kier alpha value is -2.30. The molecule has 120 valence electrons. The standard InChI is InChI=1S/C17H24N2O3/c1-3-5-12-19(4-2)17(21)11-8-14-6-9-15(10-7-14)22-13-16(18)20/h6-11H,3-5,12-13H2,1-2H3,(H2,18,20). The fraction of sp³-hybridized carbons (Fsp3) is 0.412. The lowest BCUT2D eigenvalue weighted by Crippen LogP contribution is -2.30. The van der Waals surface area contributed by atoms with Crippen molar-refractivity contribution in [3.8, 4) is 5.75 Å². The third-order valence-corrected chi connectivity index (χ3v) is 3.15. The minimum absolute atomic E-state index is 0.0185. The van der Waals surface area contributed by atoms with Crippen LogP contribution in [0.4, 0.5) is 0 Å². The highest BCUT2D eigenvalue weighted by atomic mass is 16.5. The maximum atomic E-state index is 12.1. The average molecular weight is 304 g/mol. The lowest BCUT2D eigenvalue weighted by molar-refractivity contribution is -0.125.